The van der Waals surface area contributed by atoms with E-state index in [2.05, 4.69) is 17.6 Å². The number of benzene rings is 1. The number of piperidine rings is 1. The Morgan fingerprint density at radius 1 is 1.43 bits per heavy atom. The van der Waals surface area contributed by atoms with E-state index in [-0.39, 0.29) is 17.9 Å². The van der Waals surface area contributed by atoms with Gasteiger partial charge < -0.3 is 15.4 Å². The standard InChI is InChI=1S/C17H26N2O2/c1-13-10-16(8-9-18-13)17(20)19-14(2)11-21-12-15-6-4-3-5-7-15/h3-7,13-14,16,18H,8-12H2,1-2H3,(H,19,20)/t13-,14?,16-/m0/s1. The van der Waals surface area contributed by atoms with Crippen molar-refractivity contribution in [3.05, 3.63) is 35.9 Å². The van der Waals surface area contributed by atoms with Gasteiger partial charge in [-0.15, -0.1) is 0 Å². The molecule has 2 N–H and O–H groups in total. The number of amides is 1. The van der Waals surface area contributed by atoms with Crippen molar-refractivity contribution in [1.82, 2.24) is 10.6 Å². The molecule has 4 nitrogen and oxygen atoms in total. The van der Waals surface area contributed by atoms with Crippen molar-refractivity contribution in [1.29, 1.82) is 0 Å². The minimum atomic E-state index is 0.0476. The Morgan fingerprint density at radius 2 is 2.19 bits per heavy atom. The minimum Gasteiger partial charge on any atom is -0.375 e. The van der Waals surface area contributed by atoms with E-state index in [4.69, 9.17) is 4.74 Å². The van der Waals surface area contributed by atoms with Gasteiger partial charge in [-0.25, -0.2) is 0 Å². The van der Waals surface area contributed by atoms with E-state index in [0.717, 1.165) is 24.9 Å². The molecule has 2 rings (SSSR count). The number of carbonyl (C=O) groups is 1. The van der Waals surface area contributed by atoms with Crippen LogP contribution in [0.15, 0.2) is 30.3 Å². The zero-order valence-electron chi connectivity index (χ0n) is 13.0. The summed E-state index contributed by atoms with van der Waals surface area (Å²) in [6.45, 7) is 6.18. The zero-order valence-corrected chi connectivity index (χ0v) is 13.0. The summed E-state index contributed by atoms with van der Waals surface area (Å²) in [6.07, 6.45) is 1.84. The van der Waals surface area contributed by atoms with E-state index in [1.807, 2.05) is 37.3 Å². The Bertz CT molecular complexity index is 436. The smallest absolute Gasteiger partial charge is 0.223 e. The molecule has 0 spiro atoms. The highest BCUT2D eigenvalue weighted by molar-refractivity contribution is 5.79. The van der Waals surface area contributed by atoms with Crippen molar-refractivity contribution >= 4 is 5.91 Å². The molecule has 0 saturated carbocycles. The van der Waals surface area contributed by atoms with Gasteiger partial charge in [-0.05, 0) is 38.8 Å². The van der Waals surface area contributed by atoms with Gasteiger partial charge in [-0.1, -0.05) is 30.3 Å². The molecule has 0 bridgehead atoms. The van der Waals surface area contributed by atoms with Gasteiger partial charge in [-0.3, -0.25) is 4.79 Å². The summed E-state index contributed by atoms with van der Waals surface area (Å²) in [6, 6.07) is 10.6. The molecule has 0 aliphatic carbocycles. The van der Waals surface area contributed by atoms with E-state index in [0.29, 0.717) is 19.3 Å². The maximum absolute atomic E-state index is 12.2. The first-order valence-electron chi connectivity index (χ1n) is 7.80. The molecule has 1 saturated heterocycles. The Hall–Kier alpha value is -1.39. The van der Waals surface area contributed by atoms with Crippen LogP contribution in [0.25, 0.3) is 0 Å². The van der Waals surface area contributed by atoms with Crippen LogP contribution in [0.4, 0.5) is 0 Å². The second kappa shape index (κ2) is 8.15. The van der Waals surface area contributed by atoms with Gasteiger partial charge in [0.25, 0.3) is 0 Å². The number of hydrogen-bond acceptors (Lipinski definition) is 3. The van der Waals surface area contributed by atoms with E-state index < -0.39 is 0 Å². The van der Waals surface area contributed by atoms with Gasteiger partial charge in [0.1, 0.15) is 0 Å². The van der Waals surface area contributed by atoms with Gasteiger partial charge in [0.2, 0.25) is 5.91 Å². The molecule has 3 atom stereocenters. The molecule has 21 heavy (non-hydrogen) atoms. The average Bonchev–Trinajstić information content (AvgIpc) is 2.48. The van der Waals surface area contributed by atoms with E-state index in [1.165, 1.54) is 0 Å². The predicted octanol–water partition coefficient (Wildman–Crippen LogP) is 2.10. The van der Waals surface area contributed by atoms with Gasteiger partial charge in [0.15, 0.2) is 0 Å². The number of nitrogens with one attached hydrogen (secondary N) is 2. The van der Waals surface area contributed by atoms with Crippen molar-refractivity contribution in [2.45, 2.75) is 45.4 Å². The van der Waals surface area contributed by atoms with Crippen LogP contribution >= 0.6 is 0 Å². The molecule has 0 radical (unpaired) electrons. The lowest BCUT2D eigenvalue weighted by atomic mass is 9.92. The van der Waals surface area contributed by atoms with Gasteiger partial charge in [0.05, 0.1) is 13.2 Å². The molecule has 1 unspecified atom stereocenters. The van der Waals surface area contributed by atoms with E-state index in [1.54, 1.807) is 0 Å². The van der Waals surface area contributed by atoms with Crippen LogP contribution in [0.2, 0.25) is 0 Å². The van der Waals surface area contributed by atoms with Crippen molar-refractivity contribution in [3.63, 3.8) is 0 Å². The van der Waals surface area contributed by atoms with Crippen molar-refractivity contribution in [2.24, 2.45) is 5.92 Å². The molecule has 1 aromatic rings. The van der Waals surface area contributed by atoms with Crippen LogP contribution < -0.4 is 10.6 Å². The quantitative estimate of drug-likeness (QED) is 0.843. The number of hydrogen-bond donors (Lipinski definition) is 2. The Kier molecular flexibility index (Phi) is 6.21. The highest BCUT2D eigenvalue weighted by Crippen LogP contribution is 2.16. The molecule has 1 aliphatic rings. The first kappa shape index (κ1) is 16.0. The summed E-state index contributed by atoms with van der Waals surface area (Å²) in [4.78, 5) is 12.2. The number of carbonyl (C=O) groups excluding carboxylic acids is 1. The van der Waals surface area contributed by atoms with Crippen LogP contribution in [-0.2, 0) is 16.1 Å². The SMILES string of the molecule is CC(COCc1ccccc1)NC(=O)[C@H]1CCN[C@@H](C)C1. The van der Waals surface area contributed by atoms with Crippen LogP contribution in [0.3, 0.4) is 0 Å². The lowest BCUT2D eigenvalue weighted by Crippen LogP contribution is -2.45. The van der Waals surface area contributed by atoms with Gasteiger partial charge >= 0.3 is 0 Å². The maximum atomic E-state index is 12.2. The molecule has 1 amide bonds. The van der Waals surface area contributed by atoms with Crippen molar-refractivity contribution in [3.8, 4) is 0 Å². The molecule has 1 fully saturated rings. The second-order valence-electron chi connectivity index (χ2n) is 5.99. The summed E-state index contributed by atoms with van der Waals surface area (Å²) in [5, 5.41) is 6.43. The van der Waals surface area contributed by atoms with Gasteiger partial charge in [0, 0.05) is 18.0 Å². The first-order chi connectivity index (χ1) is 10.1. The molecule has 1 aliphatic heterocycles. The summed E-state index contributed by atoms with van der Waals surface area (Å²) in [7, 11) is 0. The fourth-order valence-electron chi connectivity index (χ4n) is 2.70. The Morgan fingerprint density at radius 3 is 2.90 bits per heavy atom. The predicted molar refractivity (Wildman–Crippen MR) is 83.9 cm³/mol. The highest BCUT2D eigenvalue weighted by atomic mass is 16.5. The molecule has 116 valence electrons. The van der Waals surface area contributed by atoms with E-state index in [9.17, 15) is 4.79 Å². The molecule has 4 heteroatoms. The highest BCUT2D eigenvalue weighted by Gasteiger charge is 2.25. The third kappa shape index (κ3) is 5.48. The lowest BCUT2D eigenvalue weighted by molar-refractivity contribution is -0.127. The molecule has 0 aromatic heterocycles. The van der Waals surface area contributed by atoms with E-state index >= 15 is 0 Å². The van der Waals surface area contributed by atoms with Crippen molar-refractivity contribution < 1.29 is 9.53 Å². The fraction of sp³-hybridized carbons (Fsp3) is 0.588. The zero-order chi connectivity index (χ0) is 15.1. The summed E-state index contributed by atoms with van der Waals surface area (Å²) < 4.78 is 5.66. The van der Waals surface area contributed by atoms with Crippen LogP contribution in [-0.4, -0.2) is 31.1 Å². The largest absolute Gasteiger partial charge is 0.375 e. The summed E-state index contributed by atoms with van der Waals surface area (Å²) in [5.41, 5.74) is 1.16. The maximum Gasteiger partial charge on any atom is 0.223 e. The third-order valence-electron chi connectivity index (χ3n) is 3.86. The van der Waals surface area contributed by atoms with Crippen LogP contribution in [0.5, 0.6) is 0 Å². The minimum absolute atomic E-state index is 0.0476. The number of ether oxygens (including phenoxy) is 1. The molecular weight excluding hydrogens is 264 g/mol. The molecule has 1 heterocycles. The third-order valence-corrected chi connectivity index (χ3v) is 3.86. The van der Waals surface area contributed by atoms with Gasteiger partial charge in [-0.2, -0.15) is 0 Å². The summed E-state index contributed by atoms with van der Waals surface area (Å²) in [5.74, 6) is 0.303. The summed E-state index contributed by atoms with van der Waals surface area (Å²) >= 11 is 0. The fourth-order valence-corrected chi connectivity index (χ4v) is 2.70. The Balaban J connectivity index is 1.66. The van der Waals surface area contributed by atoms with Crippen LogP contribution in [0, 0.1) is 5.92 Å². The topological polar surface area (TPSA) is 50.4 Å². The van der Waals surface area contributed by atoms with Crippen LogP contribution in [0.1, 0.15) is 32.3 Å². The normalized spacial score (nSPS) is 23.5. The van der Waals surface area contributed by atoms with Crippen molar-refractivity contribution in [2.75, 3.05) is 13.2 Å². The molecular formula is C17H26N2O2. The monoisotopic (exact) mass is 290 g/mol. The number of rotatable bonds is 6. The first-order valence-corrected chi connectivity index (χ1v) is 7.80. The lowest BCUT2D eigenvalue weighted by Gasteiger charge is -2.28. The second-order valence-corrected chi connectivity index (χ2v) is 5.99. The average molecular weight is 290 g/mol. The Labute approximate surface area is 127 Å². The molecule has 1 aromatic carbocycles.